The van der Waals surface area contributed by atoms with Crippen molar-refractivity contribution in [3.05, 3.63) is 29.6 Å². The molecule has 0 aromatic heterocycles. The number of hydrogen-bond acceptors (Lipinski definition) is 3. The van der Waals surface area contributed by atoms with E-state index in [0.29, 0.717) is 44.2 Å². The van der Waals surface area contributed by atoms with Crippen molar-refractivity contribution in [2.75, 3.05) is 31.1 Å². The molecule has 1 aromatic rings. The van der Waals surface area contributed by atoms with E-state index in [-0.39, 0.29) is 11.5 Å². The van der Waals surface area contributed by atoms with Crippen LogP contribution in [0, 0.1) is 23.1 Å². The van der Waals surface area contributed by atoms with Crippen LogP contribution < -0.4 is 4.90 Å². The summed E-state index contributed by atoms with van der Waals surface area (Å²) in [7, 11) is 0. The van der Waals surface area contributed by atoms with Gasteiger partial charge >= 0.3 is 0 Å². The van der Waals surface area contributed by atoms with Gasteiger partial charge in [0.05, 0.1) is 5.69 Å². The highest BCUT2D eigenvalue weighted by Crippen LogP contribution is 2.23. The number of nitrogens with zero attached hydrogens (tertiary/aromatic N) is 3. The van der Waals surface area contributed by atoms with E-state index in [2.05, 4.69) is 0 Å². The van der Waals surface area contributed by atoms with Crippen LogP contribution in [0.1, 0.15) is 25.8 Å². The molecule has 0 saturated carbocycles. The Kier molecular flexibility index (Phi) is 4.79. The van der Waals surface area contributed by atoms with E-state index in [1.807, 2.05) is 29.7 Å². The van der Waals surface area contributed by atoms with Gasteiger partial charge in [0, 0.05) is 32.6 Å². The van der Waals surface area contributed by atoms with Crippen molar-refractivity contribution in [2.24, 2.45) is 5.92 Å². The van der Waals surface area contributed by atoms with Gasteiger partial charge in [0.25, 0.3) is 0 Å². The monoisotopic (exact) mass is 289 g/mol. The van der Waals surface area contributed by atoms with Gasteiger partial charge in [-0.1, -0.05) is 19.9 Å². The minimum atomic E-state index is -0.492. The largest absolute Gasteiger partial charge is 0.367 e. The SMILES string of the molecule is CC(C)CC(=O)N1CCN(c2cccc(F)c2C#N)CC1. The van der Waals surface area contributed by atoms with Crippen LogP contribution in [-0.2, 0) is 4.79 Å². The Balaban J connectivity index is 2.04. The summed E-state index contributed by atoms with van der Waals surface area (Å²) in [6, 6.07) is 6.59. The fraction of sp³-hybridized carbons (Fsp3) is 0.500. The molecule has 0 radical (unpaired) electrons. The average molecular weight is 289 g/mol. The molecule has 1 saturated heterocycles. The third-order valence-electron chi connectivity index (χ3n) is 3.66. The van der Waals surface area contributed by atoms with Crippen molar-refractivity contribution < 1.29 is 9.18 Å². The number of piperazine rings is 1. The molecule has 0 aliphatic carbocycles. The van der Waals surface area contributed by atoms with Crippen LogP contribution in [0.5, 0.6) is 0 Å². The van der Waals surface area contributed by atoms with Crippen molar-refractivity contribution in [1.29, 1.82) is 5.26 Å². The highest BCUT2D eigenvalue weighted by molar-refractivity contribution is 5.76. The molecule has 2 rings (SSSR count). The van der Waals surface area contributed by atoms with Gasteiger partial charge in [-0.05, 0) is 18.1 Å². The minimum Gasteiger partial charge on any atom is -0.367 e. The Bertz CT molecular complexity index is 557. The van der Waals surface area contributed by atoms with Gasteiger partial charge in [-0.15, -0.1) is 0 Å². The zero-order chi connectivity index (χ0) is 15.4. The lowest BCUT2D eigenvalue weighted by Crippen LogP contribution is -2.49. The van der Waals surface area contributed by atoms with E-state index < -0.39 is 5.82 Å². The Hall–Kier alpha value is -2.09. The molecule has 4 nitrogen and oxygen atoms in total. The maximum absolute atomic E-state index is 13.6. The lowest BCUT2D eigenvalue weighted by Gasteiger charge is -2.36. The third kappa shape index (κ3) is 3.52. The van der Waals surface area contributed by atoms with Gasteiger partial charge in [0.1, 0.15) is 17.4 Å². The summed E-state index contributed by atoms with van der Waals surface area (Å²) >= 11 is 0. The first kappa shape index (κ1) is 15.3. The zero-order valence-corrected chi connectivity index (χ0v) is 12.5. The van der Waals surface area contributed by atoms with Gasteiger partial charge in [0.15, 0.2) is 0 Å². The van der Waals surface area contributed by atoms with Crippen molar-refractivity contribution >= 4 is 11.6 Å². The normalized spacial score (nSPS) is 15.2. The molecule has 21 heavy (non-hydrogen) atoms. The summed E-state index contributed by atoms with van der Waals surface area (Å²) in [5, 5.41) is 9.09. The van der Waals surface area contributed by atoms with Crippen LogP contribution >= 0.6 is 0 Å². The van der Waals surface area contributed by atoms with Crippen LogP contribution in [0.25, 0.3) is 0 Å². The minimum absolute atomic E-state index is 0.0828. The number of rotatable bonds is 3. The maximum atomic E-state index is 13.6. The van der Waals surface area contributed by atoms with Crippen molar-refractivity contribution in [2.45, 2.75) is 20.3 Å². The number of carbonyl (C=O) groups excluding carboxylic acids is 1. The van der Waals surface area contributed by atoms with Crippen LogP contribution in [-0.4, -0.2) is 37.0 Å². The highest BCUT2D eigenvalue weighted by atomic mass is 19.1. The first-order chi connectivity index (χ1) is 10.0. The Morgan fingerprint density at radius 2 is 2.00 bits per heavy atom. The van der Waals surface area contributed by atoms with Crippen LogP contribution in [0.2, 0.25) is 0 Å². The quantitative estimate of drug-likeness (QED) is 0.858. The number of amides is 1. The maximum Gasteiger partial charge on any atom is 0.222 e. The van der Waals surface area contributed by atoms with E-state index in [1.54, 1.807) is 12.1 Å². The second-order valence-electron chi connectivity index (χ2n) is 5.71. The number of benzene rings is 1. The van der Waals surface area contributed by atoms with Crippen LogP contribution in [0.4, 0.5) is 10.1 Å². The first-order valence-electron chi connectivity index (χ1n) is 7.24. The fourth-order valence-electron chi connectivity index (χ4n) is 2.56. The summed E-state index contributed by atoms with van der Waals surface area (Å²) in [4.78, 5) is 15.8. The molecule has 0 N–H and O–H groups in total. The molecule has 1 heterocycles. The van der Waals surface area contributed by atoms with E-state index in [9.17, 15) is 9.18 Å². The number of hydrogen-bond donors (Lipinski definition) is 0. The number of carbonyl (C=O) groups is 1. The molecular weight excluding hydrogens is 269 g/mol. The van der Waals surface area contributed by atoms with Gasteiger partial charge in [-0.25, -0.2) is 4.39 Å². The topological polar surface area (TPSA) is 47.3 Å². The van der Waals surface area contributed by atoms with Gasteiger partial charge in [0.2, 0.25) is 5.91 Å². The summed E-state index contributed by atoms with van der Waals surface area (Å²) in [5.41, 5.74) is 0.702. The standard InChI is InChI=1S/C16H20FN3O/c1-12(2)10-16(21)20-8-6-19(7-9-20)15-5-3-4-14(17)13(15)11-18/h3-5,12H,6-10H2,1-2H3. The van der Waals surface area contributed by atoms with Gasteiger partial charge < -0.3 is 9.80 Å². The smallest absolute Gasteiger partial charge is 0.222 e. The molecule has 112 valence electrons. The summed E-state index contributed by atoms with van der Waals surface area (Å²) in [6.07, 6.45) is 0.559. The molecule has 1 amide bonds. The number of halogens is 1. The van der Waals surface area contributed by atoms with Crippen molar-refractivity contribution in [1.82, 2.24) is 4.90 Å². The summed E-state index contributed by atoms with van der Waals surface area (Å²) < 4.78 is 13.6. The predicted molar refractivity (Wildman–Crippen MR) is 79.4 cm³/mol. The Morgan fingerprint density at radius 3 is 2.57 bits per heavy atom. The Morgan fingerprint density at radius 1 is 1.33 bits per heavy atom. The highest BCUT2D eigenvalue weighted by Gasteiger charge is 2.23. The molecule has 1 fully saturated rings. The van der Waals surface area contributed by atoms with Gasteiger partial charge in [-0.3, -0.25) is 4.79 Å². The Labute approximate surface area is 124 Å². The predicted octanol–water partition coefficient (Wildman–Crippen LogP) is 2.39. The van der Waals surface area contributed by atoms with Gasteiger partial charge in [-0.2, -0.15) is 5.26 Å². The molecule has 0 unspecified atom stereocenters. The number of nitriles is 1. The van der Waals surface area contributed by atoms with E-state index in [0.717, 1.165) is 0 Å². The summed E-state index contributed by atoms with van der Waals surface area (Å²) in [6.45, 7) is 6.55. The first-order valence-corrected chi connectivity index (χ1v) is 7.24. The lowest BCUT2D eigenvalue weighted by atomic mass is 10.1. The molecule has 1 aliphatic rings. The molecule has 0 atom stereocenters. The second kappa shape index (κ2) is 6.57. The molecular formula is C16H20FN3O. The van der Waals surface area contributed by atoms with Crippen molar-refractivity contribution in [3.63, 3.8) is 0 Å². The van der Waals surface area contributed by atoms with E-state index in [1.165, 1.54) is 6.07 Å². The number of anilines is 1. The average Bonchev–Trinajstić information content (AvgIpc) is 2.46. The lowest BCUT2D eigenvalue weighted by molar-refractivity contribution is -0.132. The van der Waals surface area contributed by atoms with Crippen LogP contribution in [0.15, 0.2) is 18.2 Å². The molecule has 5 heteroatoms. The fourth-order valence-corrected chi connectivity index (χ4v) is 2.56. The molecule has 0 bridgehead atoms. The van der Waals surface area contributed by atoms with E-state index >= 15 is 0 Å². The van der Waals surface area contributed by atoms with Crippen LogP contribution in [0.3, 0.4) is 0 Å². The zero-order valence-electron chi connectivity index (χ0n) is 12.5. The molecule has 0 spiro atoms. The molecule has 1 aromatic carbocycles. The third-order valence-corrected chi connectivity index (χ3v) is 3.66. The molecule has 1 aliphatic heterocycles. The van der Waals surface area contributed by atoms with Crippen molar-refractivity contribution in [3.8, 4) is 6.07 Å². The summed E-state index contributed by atoms with van der Waals surface area (Å²) in [5.74, 6) is 0.0293. The second-order valence-corrected chi connectivity index (χ2v) is 5.71. The van der Waals surface area contributed by atoms with E-state index in [4.69, 9.17) is 5.26 Å².